The fourth-order valence-corrected chi connectivity index (χ4v) is 3.26. The molecule has 1 aliphatic carbocycles. The molecule has 0 aliphatic heterocycles. The quantitative estimate of drug-likeness (QED) is 0.881. The van der Waals surface area contributed by atoms with Crippen molar-refractivity contribution in [2.75, 3.05) is 18.9 Å². The van der Waals surface area contributed by atoms with E-state index in [0.717, 1.165) is 19.3 Å². The first-order valence-electron chi connectivity index (χ1n) is 7.22. The van der Waals surface area contributed by atoms with Gasteiger partial charge < -0.3 is 16.0 Å². The number of amides is 2. The van der Waals surface area contributed by atoms with E-state index in [1.54, 1.807) is 23.1 Å². The lowest BCUT2D eigenvalue weighted by Gasteiger charge is -2.37. The second-order valence-corrected chi connectivity index (χ2v) is 6.36. The normalized spacial score (nSPS) is 21.9. The summed E-state index contributed by atoms with van der Waals surface area (Å²) >= 11 is 12.0. The van der Waals surface area contributed by atoms with Crippen LogP contribution < -0.4 is 11.1 Å². The molecule has 0 aromatic heterocycles. The fraction of sp³-hybridized carbons (Fsp3) is 0.533. The molecule has 1 aromatic rings. The van der Waals surface area contributed by atoms with Crippen molar-refractivity contribution in [1.82, 2.24) is 4.90 Å². The van der Waals surface area contributed by atoms with Crippen LogP contribution in [0, 0.1) is 5.92 Å². The zero-order valence-electron chi connectivity index (χ0n) is 12.1. The highest BCUT2D eigenvalue weighted by atomic mass is 35.5. The molecular weight excluding hydrogens is 309 g/mol. The summed E-state index contributed by atoms with van der Waals surface area (Å²) in [5.41, 5.74) is 6.36. The first-order chi connectivity index (χ1) is 10.0. The molecule has 1 aliphatic rings. The maximum atomic E-state index is 12.4. The second kappa shape index (κ2) is 7.34. The van der Waals surface area contributed by atoms with E-state index >= 15 is 0 Å². The van der Waals surface area contributed by atoms with Gasteiger partial charge in [0, 0.05) is 18.1 Å². The van der Waals surface area contributed by atoms with Gasteiger partial charge in [0.15, 0.2) is 0 Å². The molecule has 3 N–H and O–H groups in total. The van der Waals surface area contributed by atoms with Crippen LogP contribution in [0.5, 0.6) is 0 Å². The minimum Gasteiger partial charge on any atom is -0.330 e. The maximum absolute atomic E-state index is 12.4. The molecule has 2 rings (SSSR count). The summed E-state index contributed by atoms with van der Waals surface area (Å²) in [6.45, 7) is 0.611. The molecule has 0 radical (unpaired) electrons. The summed E-state index contributed by atoms with van der Waals surface area (Å²) < 4.78 is 0. The van der Waals surface area contributed by atoms with Crippen molar-refractivity contribution < 1.29 is 4.79 Å². The Bertz CT molecular complexity index is 510. The van der Waals surface area contributed by atoms with Gasteiger partial charge in [0.25, 0.3) is 0 Å². The molecule has 2 amide bonds. The number of nitrogens with zero attached hydrogens (tertiary/aromatic N) is 1. The van der Waals surface area contributed by atoms with Gasteiger partial charge in [-0.15, -0.1) is 0 Å². The maximum Gasteiger partial charge on any atom is 0.321 e. The van der Waals surface area contributed by atoms with E-state index in [1.807, 2.05) is 7.05 Å². The van der Waals surface area contributed by atoms with Gasteiger partial charge in [-0.1, -0.05) is 36.0 Å². The number of urea groups is 1. The molecule has 21 heavy (non-hydrogen) atoms. The highest BCUT2D eigenvalue weighted by Gasteiger charge is 2.30. The summed E-state index contributed by atoms with van der Waals surface area (Å²) in [6.07, 6.45) is 4.40. The summed E-state index contributed by atoms with van der Waals surface area (Å²) in [6, 6.07) is 5.01. The van der Waals surface area contributed by atoms with Gasteiger partial charge in [0.1, 0.15) is 0 Å². The van der Waals surface area contributed by atoms with Gasteiger partial charge >= 0.3 is 6.03 Å². The van der Waals surface area contributed by atoms with Crippen molar-refractivity contribution in [3.8, 4) is 0 Å². The average Bonchev–Trinajstić information content (AvgIpc) is 2.50. The van der Waals surface area contributed by atoms with Gasteiger partial charge in [-0.2, -0.15) is 0 Å². The largest absolute Gasteiger partial charge is 0.330 e. The molecule has 0 spiro atoms. The van der Waals surface area contributed by atoms with Crippen LogP contribution in [-0.4, -0.2) is 30.6 Å². The summed E-state index contributed by atoms with van der Waals surface area (Å²) in [7, 11) is 1.81. The lowest BCUT2D eigenvalue weighted by molar-refractivity contribution is 0.150. The van der Waals surface area contributed by atoms with Crippen LogP contribution >= 0.6 is 23.2 Å². The molecule has 1 fully saturated rings. The highest BCUT2D eigenvalue weighted by Crippen LogP contribution is 2.29. The molecule has 2 unspecified atom stereocenters. The van der Waals surface area contributed by atoms with E-state index in [9.17, 15) is 4.79 Å². The number of carbonyl (C=O) groups excluding carboxylic acids is 1. The minimum atomic E-state index is -0.176. The van der Waals surface area contributed by atoms with E-state index in [2.05, 4.69) is 5.32 Å². The Kier molecular flexibility index (Phi) is 5.73. The summed E-state index contributed by atoms with van der Waals surface area (Å²) in [5.74, 6) is 0.365. The number of nitrogens with one attached hydrogen (secondary N) is 1. The number of anilines is 1. The third-order valence-electron chi connectivity index (χ3n) is 4.16. The number of benzene rings is 1. The van der Waals surface area contributed by atoms with Gasteiger partial charge in [0.2, 0.25) is 0 Å². The number of carbonyl (C=O) groups is 1. The Hall–Kier alpha value is -0.970. The molecule has 1 saturated carbocycles. The number of hydrogen-bond acceptors (Lipinski definition) is 2. The molecule has 1 aromatic carbocycles. The van der Waals surface area contributed by atoms with Gasteiger partial charge in [-0.3, -0.25) is 0 Å². The predicted molar refractivity (Wildman–Crippen MR) is 88.0 cm³/mol. The van der Waals surface area contributed by atoms with E-state index in [1.165, 1.54) is 6.42 Å². The zero-order chi connectivity index (χ0) is 15.4. The first-order valence-corrected chi connectivity index (χ1v) is 7.97. The lowest BCUT2D eigenvalue weighted by atomic mass is 9.84. The Balaban J connectivity index is 2.06. The third kappa shape index (κ3) is 4.02. The molecule has 0 heterocycles. The molecule has 6 heteroatoms. The molecular formula is C15H21Cl2N3O. The van der Waals surface area contributed by atoms with Crippen LogP contribution in [0.1, 0.15) is 25.7 Å². The van der Waals surface area contributed by atoms with Crippen LogP contribution in [0.2, 0.25) is 10.0 Å². The average molecular weight is 330 g/mol. The van der Waals surface area contributed by atoms with E-state index in [-0.39, 0.29) is 12.1 Å². The van der Waals surface area contributed by atoms with Crippen LogP contribution in [0.15, 0.2) is 18.2 Å². The van der Waals surface area contributed by atoms with Crippen LogP contribution in [0.3, 0.4) is 0 Å². The fourth-order valence-electron chi connectivity index (χ4n) is 2.92. The SMILES string of the molecule is CN(C(=O)Nc1cc(Cl)ccc1Cl)C1CCCCC1CN. The molecule has 116 valence electrons. The van der Waals surface area contributed by atoms with E-state index in [4.69, 9.17) is 28.9 Å². The standard InChI is InChI=1S/C15H21Cl2N3O/c1-20(14-5-3-2-4-10(14)9-18)15(21)19-13-8-11(16)6-7-12(13)17/h6-8,10,14H,2-5,9,18H2,1H3,(H,19,21). The van der Waals surface area contributed by atoms with Crippen molar-refractivity contribution in [2.24, 2.45) is 11.7 Å². The van der Waals surface area contributed by atoms with Crippen molar-refractivity contribution >= 4 is 34.9 Å². The van der Waals surface area contributed by atoms with Crippen molar-refractivity contribution in [1.29, 1.82) is 0 Å². The van der Waals surface area contributed by atoms with Gasteiger partial charge in [-0.25, -0.2) is 4.79 Å². The van der Waals surface area contributed by atoms with Crippen molar-refractivity contribution in [3.05, 3.63) is 28.2 Å². The third-order valence-corrected chi connectivity index (χ3v) is 4.72. The Morgan fingerprint density at radius 2 is 2.10 bits per heavy atom. The van der Waals surface area contributed by atoms with Crippen LogP contribution in [0.25, 0.3) is 0 Å². The van der Waals surface area contributed by atoms with E-state index in [0.29, 0.717) is 28.2 Å². The van der Waals surface area contributed by atoms with Crippen molar-refractivity contribution in [2.45, 2.75) is 31.7 Å². The number of hydrogen-bond donors (Lipinski definition) is 2. The smallest absolute Gasteiger partial charge is 0.321 e. The second-order valence-electron chi connectivity index (χ2n) is 5.51. The Morgan fingerprint density at radius 3 is 2.81 bits per heavy atom. The molecule has 0 bridgehead atoms. The molecule has 0 saturated heterocycles. The predicted octanol–water partition coefficient (Wildman–Crippen LogP) is 3.97. The van der Waals surface area contributed by atoms with Crippen LogP contribution in [-0.2, 0) is 0 Å². The van der Waals surface area contributed by atoms with E-state index < -0.39 is 0 Å². The van der Waals surface area contributed by atoms with Crippen LogP contribution in [0.4, 0.5) is 10.5 Å². The number of nitrogens with two attached hydrogens (primary N) is 1. The van der Waals surface area contributed by atoms with Gasteiger partial charge in [0.05, 0.1) is 10.7 Å². The monoisotopic (exact) mass is 329 g/mol. The topological polar surface area (TPSA) is 58.4 Å². The van der Waals surface area contributed by atoms with Gasteiger partial charge in [-0.05, 0) is 43.5 Å². The molecule has 4 nitrogen and oxygen atoms in total. The number of rotatable bonds is 3. The summed E-state index contributed by atoms with van der Waals surface area (Å²) in [5, 5.41) is 3.83. The highest BCUT2D eigenvalue weighted by molar-refractivity contribution is 6.35. The Labute approximate surface area is 135 Å². The number of halogens is 2. The summed E-state index contributed by atoms with van der Waals surface area (Å²) in [4.78, 5) is 14.2. The minimum absolute atomic E-state index is 0.176. The lowest BCUT2D eigenvalue weighted by Crippen LogP contribution is -2.47. The van der Waals surface area contributed by atoms with Crippen molar-refractivity contribution in [3.63, 3.8) is 0 Å². The molecule has 2 atom stereocenters. The first kappa shape index (κ1) is 16.4. The Morgan fingerprint density at radius 1 is 1.38 bits per heavy atom. The zero-order valence-corrected chi connectivity index (χ0v) is 13.6.